The Bertz CT molecular complexity index is 1460. The summed E-state index contributed by atoms with van der Waals surface area (Å²) in [7, 11) is 0. The van der Waals surface area contributed by atoms with E-state index in [4.69, 9.17) is 20.0 Å². The number of hydrogen-bond donors (Lipinski definition) is 0. The van der Waals surface area contributed by atoms with Gasteiger partial charge in [0.25, 0.3) is 0 Å². The van der Waals surface area contributed by atoms with Gasteiger partial charge in [0.15, 0.2) is 0 Å². The van der Waals surface area contributed by atoms with E-state index >= 15 is 0 Å². The van der Waals surface area contributed by atoms with E-state index in [1.165, 1.54) is 18.1 Å². The van der Waals surface area contributed by atoms with Gasteiger partial charge in [-0.3, -0.25) is 4.79 Å². The van der Waals surface area contributed by atoms with Crippen LogP contribution in [0, 0.1) is 22.7 Å². The van der Waals surface area contributed by atoms with E-state index in [9.17, 15) is 14.4 Å². The molecule has 2 amide bonds. The van der Waals surface area contributed by atoms with Gasteiger partial charge in [-0.15, -0.1) is 0 Å². The zero-order valence-electron chi connectivity index (χ0n) is 29.7. The molecule has 0 aliphatic carbocycles. The second kappa shape index (κ2) is 19.9. The Labute approximate surface area is 293 Å². The Kier molecular flexibility index (Phi) is 17.1. The molecule has 266 valence electrons. The van der Waals surface area contributed by atoms with Crippen molar-refractivity contribution in [3.05, 3.63) is 76.9 Å². The normalized spacial score (nSPS) is 14.4. The fourth-order valence-electron chi connectivity index (χ4n) is 4.94. The summed E-state index contributed by atoms with van der Waals surface area (Å²) < 4.78 is 15.2. The zero-order valence-corrected chi connectivity index (χ0v) is 29.7. The molecule has 0 spiro atoms. The van der Waals surface area contributed by atoms with Crippen molar-refractivity contribution in [1.29, 1.82) is 10.5 Å². The van der Waals surface area contributed by atoms with Crippen LogP contribution in [0.5, 0.6) is 0 Å². The molecule has 0 unspecified atom stereocenters. The number of esters is 1. The highest BCUT2D eigenvalue weighted by molar-refractivity contribution is 5.73. The number of rotatable bonds is 3. The van der Waals surface area contributed by atoms with Gasteiger partial charge in [0.05, 0.1) is 29.9 Å². The number of likely N-dealkylation sites (tertiary alicyclic amines) is 1. The van der Waals surface area contributed by atoms with Crippen molar-refractivity contribution < 1.29 is 28.6 Å². The Morgan fingerprint density at radius 2 is 1.24 bits per heavy atom. The first-order valence-electron chi connectivity index (χ1n) is 16.3. The van der Waals surface area contributed by atoms with Crippen LogP contribution in [0.15, 0.2) is 54.6 Å². The molecule has 2 aromatic carbocycles. The van der Waals surface area contributed by atoms with E-state index in [0.717, 1.165) is 37.9 Å². The lowest BCUT2D eigenvalue weighted by Crippen LogP contribution is -2.41. The molecule has 0 aromatic heterocycles. The monoisotopic (exact) mass is 674 g/mol. The Balaban J connectivity index is 0.000000413. The second-order valence-electron chi connectivity index (χ2n) is 13.5. The minimum Gasteiger partial charge on any atom is -0.466 e. The number of nitriles is 2. The van der Waals surface area contributed by atoms with Gasteiger partial charge in [0.1, 0.15) is 11.2 Å². The molecule has 1 saturated heterocycles. The lowest BCUT2D eigenvalue weighted by Gasteiger charge is -2.33. The molecule has 10 nitrogen and oxygen atoms in total. The number of amides is 2. The molecular weight excluding hydrogens is 620 g/mol. The predicted octanol–water partition coefficient (Wildman–Crippen LogP) is 8.46. The molecule has 2 aliphatic heterocycles. The summed E-state index contributed by atoms with van der Waals surface area (Å²) in [5.74, 6) is 0.244. The topological polar surface area (TPSA) is 133 Å². The van der Waals surface area contributed by atoms with Crippen LogP contribution in [0.1, 0.15) is 110 Å². The van der Waals surface area contributed by atoms with Gasteiger partial charge in [-0.05, 0) is 115 Å². The summed E-state index contributed by atoms with van der Waals surface area (Å²) in [5.41, 5.74) is 4.00. The van der Waals surface area contributed by atoms with Crippen molar-refractivity contribution in [2.45, 2.75) is 99.2 Å². The smallest absolute Gasteiger partial charge is 0.410 e. The molecule has 0 radical (unpaired) electrons. The molecule has 0 N–H and O–H groups in total. The SMILES string of the molecule is C.CC(C)(C)OC(=O)N1CC=C(c2ccc(C#N)cc2)CC1.CC(C)(C)OC(=O)N1CCC(c2ccc(C#N)cc2)CC1.CCOC(C)=O. The van der Waals surface area contributed by atoms with Crippen molar-refractivity contribution in [3.8, 4) is 12.1 Å². The van der Waals surface area contributed by atoms with Crippen LogP contribution < -0.4 is 0 Å². The molecular formula is C39H54N4O6. The maximum absolute atomic E-state index is 12.0. The van der Waals surface area contributed by atoms with Crippen LogP contribution in [0.2, 0.25) is 0 Å². The summed E-state index contributed by atoms with van der Waals surface area (Å²) in [4.78, 5) is 37.3. The van der Waals surface area contributed by atoms with Gasteiger partial charge in [-0.25, -0.2) is 9.59 Å². The molecule has 2 heterocycles. The van der Waals surface area contributed by atoms with Gasteiger partial charge in [0, 0.05) is 33.1 Å². The first-order valence-corrected chi connectivity index (χ1v) is 16.3. The third-order valence-electron chi connectivity index (χ3n) is 7.25. The maximum atomic E-state index is 12.0. The van der Waals surface area contributed by atoms with E-state index in [1.54, 1.807) is 16.7 Å². The molecule has 2 aromatic rings. The van der Waals surface area contributed by atoms with Crippen LogP contribution in [0.3, 0.4) is 0 Å². The van der Waals surface area contributed by atoms with Gasteiger partial charge in [-0.2, -0.15) is 10.5 Å². The second-order valence-corrected chi connectivity index (χ2v) is 13.5. The molecule has 10 heteroatoms. The largest absolute Gasteiger partial charge is 0.466 e. The Morgan fingerprint density at radius 3 is 1.61 bits per heavy atom. The summed E-state index contributed by atoms with van der Waals surface area (Å²) >= 11 is 0. The summed E-state index contributed by atoms with van der Waals surface area (Å²) in [6, 6.07) is 19.5. The highest BCUT2D eigenvalue weighted by atomic mass is 16.6. The number of carbonyl (C=O) groups excluding carboxylic acids is 3. The van der Waals surface area contributed by atoms with Crippen molar-refractivity contribution in [3.63, 3.8) is 0 Å². The van der Waals surface area contributed by atoms with E-state index < -0.39 is 11.2 Å². The molecule has 49 heavy (non-hydrogen) atoms. The van der Waals surface area contributed by atoms with Crippen molar-refractivity contribution in [2.75, 3.05) is 32.8 Å². The summed E-state index contributed by atoms with van der Waals surface area (Å²) in [6.07, 6.45) is 4.23. The van der Waals surface area contributed by atoms with Crippen LogP contribution in [-0.4, -0.2) is 71.9 Å². The number of hydrogen-bond acceptors (Lipinski definition) is 8. The highest BCUT2D eigenvalue weighted by Gasteiger charge is 2.27. The molecule has 4 rings (SSSR count). The van der Waals surface area contributed by atoms with Gasteiger partial charge >= 0.3 is 18.2 Å². The number of ether oxygens (including phenoxy) is 3. The summed E-state index contributed by atoms with van der Waals surface area (Å²) in [5, 5.41) is 17.6. The summed E-state index contributed by atoms with van der Waals surface area (Å²) in [6.45, 7) is 17.6. The molecule has 0 saturated carbocycles. The average molecular weight is 675 g/mol. The predicted molar refractivity (Wildman–Crippen MR) is 192 cm³/mol. The van der Waals surface area contributed by atoms with E-state index in [0.29, 0.717) is 36.7 Å². The molecule has 0 atom stereocenters. The van der Waals surface area contributed by atoms with Crippen molar-refractivity contribution in [1.82, 2.24) is 9.80 Å². The van der Waals surface area contributed by atoms with Gasteiger partial charge in [-0.1, -0.05) is 37.8 Å². The van der Waals surface area contributed by atoms with Crippen LogP contribution >= 0.6 is 0 Å². The maximum Gasteiger partial charge on any atom is 0.410 e. The first-order chi connectivity index (χ1) is 22.5. The highest BCUT2D eigenvalue weighted by Crippen LogP contribution is 2.29. The third-order valence-corrected chi connectivity index (χ3v) is 7.25. The van der Waals surface area contributed by atoms with E-state index in [2.05, 4.69) is 23.0 Å². The zero-order chi connectivity index (χ0) is 35.9. The lowest BCUT2D eigenvalue weighted by atomic mass is 9.89. The van der Waals surface area contributed by atoms with E-state index in [1.807, 2.05) is 90.1 Å². The van der Waals surface area contributed by atoms with Crippen LogP contribution in [-0.2, 0) is 19.0 Å². The standard InChI is InChI=1S/C17H22N2O2.C17H20N2O2.C4H8O2.CH4/c2*1-17(2,3)21-16(20)19-10-8-15(9-11-19)14-6-4-13(12-18)5-7-14;1-3-6-4(2)5;/h4-7,15H,8-11H2,1-3H3;4-8H,9-11H2,1-3H3;3H2,1-2H3;1H4. The molecule has 1 fully saturated rings. The fourth-order valence-corrected chi connectivity index (χ4v) is 4.94. The van der Waals surface area contributed by atoms with Crippen LogP contribution in [0.25, 0.3) is 5.57 Å². The number of nitrogens with zero attached hydrogens (tertiary/aromatic N) is 4. The lowest BCUT2D eigenvalue weighted by molar-refractivity contribution is -0.140. The number of piperidine rings is 1. The molecule has 0 bridgehead atoms. The molecule has 2 aliphatic rings. The van der Waals surface area contributed by atoms with Crippen molar-refractivity contribution >= 4 is 23.7 Å². The van der Waals surface area contributed by atoms with Gasteiger partial charge < -0.3 is 24.0 Å². The van der Waals surface area contributed by atoms with E-state index in [-0.39, 0.29) is 25.6 Å². The quantitative estimate of drug-likeness (QED) is 0.234. The third kappa shape index (κ3) is 15.7. The average Bonchev–Trinajstić information content (AvgIpc) is 3.04. The van der Waals surface area contributed by atoms with Crippen LogP contribution in [0.4, 0.5) is 9.59 Å². The fraction of sp³-hybridized carbons (Fsp3) is 0.513. The Hall–Kier alpha value is -4.83. The van der Waals surface area contributed by atoms with Gasteiger partial charge in [0.2, 0.25) is 0 Å². The number of benzene rings is 2. The minimum absolute atomic E-state index is 0. The van der Waals surface area contributed by atoms with Crippen molar-refractivity contribution in [2.24, 2.45) is 0 Å². The number of carbonyl (C=O) groups is 3. The first kappa shape index (κ1) is 42.2. The minimum atomic E-state index is -0.464. The Morgan fingerprint density at radius 1 is 0.776 bits per heavy atom.